The molecule has 1 heterocycles. The molecule has 0 fully saturated rings. The first-order chi connectivity index (χ1) is 10.6. The molecule has 1 aromatic heterocycles. The van der Waals surface area contributed by atoms with Crippen LogP contribution in [0.3, 0.4) is 0 Å². The molecule has 0 saturated heterocycles. The highest BCUT2D eigenvalue weighted by molar-refractivity contribution is 7.90. The van der Waals surface area contributed by atoms with E-state index in [9.17, 15) is 21.6 Å². The molecule has 0 bridgehead atoms. The number of sulfonamides is 1. The number of aromatic nitrogens is 2. The van der Waals surface area contributed by atoms with Crippen molar-refractivity contribution >= 4 is 16.4 Å². The fourth-order valence-electron chi connectivity index (χ4n) is 1.62. The number of benzene rings is 1. The van der Waals surface area contributed by atoms with Crippen molar-refractivity contribution in [2.24, 2.45) is 4.40 Å². The normalized spacial score (nSPS) is 12.7. The van der Waals surface area contributed by atoms with Crippen LogP contribution in [0.25, 0.3) is 11.4 Å². The van der Waals surface area contributed by atoms with E-state index < -0.39 is 21.9 Å². The van der Waals surface area contributed by atoms with Gasteiger partial charge in [-0.05, 0) is 24.3 Å². The third kappa shape index (κ3) is 4.09. The zero-order valence-corrected chi connectivity index (χ0v) is 13.0. The second kappa shape index (κ2) is 6.03. The maximum atomic E-state index is 12.5. The number of nitrogens with one attached hydrogen (secondary N) is 1. The summed E-state index contributed by atoms with van der Waals surface area (Å²) in [6.45, 7) is 0. The summed E-state index contributed by atoms with van der Waals surface area (Å²) >= 11 is 0. The number of H-pyrrole nitrogens is 1. The van der Waals surface area contributed by atoms with E-state index in [2.05, 4.69) is 14.4 Å². The number of imidazole rings is 1. The Balaban J connectivity index is 2.28. The molecule has 124 valence electrons. The van der Waals surface area contributed by atoms with Crippen molar-refractivity contribution in [3.05, 3.63) is 36.2 Å². The quantitative estimate of drug-likeness (QED) is 0.681. The predicted molar refractivity (Wildman–Crippen MR) is 78.4 cm³/mol. The van der Waals surface area contributed by atoms with Crippen LogP contribution in [0.2, 0.25) is 0 Å². The van der Waals surface area contributed by atoms with Crippen molar-refractivity contribution in [3.8, 4) is 11.4 Å². The SMILES string of the molecule is CN(C)C=NS(=O)(=O)c1ccc(-c2nc(C(F)(F)F)c[nH]2)cc1. The minimum atomic E-state index is -4.54. The topological polar surface area (TPSA) is 78.4 Å². The van der Waals surface area contributed by atoms with Crippen molar-refractivity contribution in [1.29, 1.82) is 0 Å². The maximum absolute atomic E-state index is 12.5. The van der Waals surface area contributed by atoms with Crippen LogP contribution < -0.4 is 0 Å². The van der Waals surface area contributed by atoms with E-state index in [1.165, 1.54) is 29.2 Å². The Kier molecular flexibility index (Phi) is 4.46. The second-order valence-electron chi connectivity index (χ2n) is 4.82. The van der Waals surface area contributed by atoms with Crippen LogP contribution in [0.1, 0.15) is 5.69 Å². The van der Waals surface area contributed by atoms with Crippen LogP contribution in [-0.4, -0.2) is 43.7 Å². The highest BCUT2D eigenvalue weighted by Crippen LogP contribution is 2.29. The molecule has 0 radical (unpaired) electrons. The summed E-state index contributed by atoms with van der Waals surface area (Å²) in [5.41, 5.74) is -0.712. The van der Waals surface area contributed by atoms with Crippen LogP contribution in [-0.2, 0) is 16.2 Å². The lowest BCUT2D eigenvalue weighted by molar-refractivity contribution is -0.140. The third-order valence-corrected chi connectivity index (χ3v) is 3.95. The number of rotatable bonds is 4. The smallest absolute Gasteiger partial charge is 0.368 e. The van der Waals surface area contributed by atoms with Gasteiger partial charge in [0.25, 0.3) is 10.0 Å². The van der Waals surface area contributed by atoms with Crippen LogP contribution in [0.5, 0.6) is 0 Å². The van der Waals surface area contributed by atoms with Crippen molar-refractivity contribution in [3.63, 3.8) is 0 Å². The fraction of sp³-hybridized carbons (Fsp3) is 0.231. The monoisotopic (exact) mass is 346 g/mol. The highest BCUT2D eigenvalue weighted by Gasteiger charge is 2.33. The van der Waals surface area contributed by atoms with Gasteiger partial charge in [-0.1, -0.05) is 0 Å². The van der Waals surface area contributed by atoms with E-state index in [1.54, 1.807) is 14.1 Å². The van der Waals surface area contributed by atoms with Crippen molar-refractivity contribution < 1.29 is 21.6 Å². The van der Waals surface area contributed by atoms with Gasteiger partial charge in [-0.2, -0.15) is 21.6 Å². The molecule has 6 nitrogen and oxygen atoms in total. The predicted octanol–water partition coefficient (Wildman–Crippen LogP) is 2.37. The van der Waals surface area contributed by atoms with Crippen LogP contribution in [0.4, 0.5) is 13.2 Å². The third-order valence-electron chi connectivity index (χ3n) is 2.71. The van der Waals surface area contributed by atoms with Crippen molar-refractivity contribution in [1.82, 2.24) is 14.9 Å². The van der Waals surface area contributed by atoms with E-state index in [0.29, 0.717) is 5.56 Å². The zero-order chi connectivity index (χ0) is 17.3. The van der Waals surface area contributed by atoms with Crippen LogP contribution in [0.15, 0.2) is 39.8 Å². The molecule has 0 aliphatic rings. The Morgan fingerprint density at radius 1 is 1.22 bits per heavy atom. The zero-order valence-electron chi connectivity index (χ0n) is 12.2. The minimum Gasteiger partial charge on any atom is -0.368 e. The van der Waals surface area contributed by atoms with E-state index in [-0.39, 0.29) is 10.7 Å². The van der Waals surface area contributed by atoms with E-state index >= 15 is 0 Å². The molecule has 0 amide bonds. The summed E-state index contributed by atoms with van der Waals surface area (Å²) in [6.07, 6.45) is -2.65. The van der Waals surface area contributed by atoms with Gasteiger partial charge >= 0.3 is 6.18 Å². The number of alkyl halides is 3. The molecular formula is C13H13F3N4O2S. The fourth-order valence-corrected chi connectivity index (χ4v) is 2.53. The van der Waals surface area contributed by atoms with E-state index in [1.807, 2.05) is 0 Å². The molecule has 0 spiro atoms. The average Bonchev–Trinajstić information content (AvgIpc) is 2.95. The molecule has 2 aromatic rings. The number of nitrogens with zero attached hydrogens (tertiary/aromatic N) is 3. The molecule has 10 heteroatoms. The lowest BCUT2D eigenvalue weighted by Gasteiger charge is -2.04. The van der Waals surface area contributed by atoms with E-state index in [0.717, 1.165) is 12.5 Å². The summed E-state index contributed by atoms with van der Waals surface area (Å²) in [7, 11) is -0.611. The molecule has 0 atom stereocenters. The molecule has 2 rings (SSSR count). The molecule has 0 unspecified atom stereocenters. The average molecular weight is 346 g/mol. The van der Waals surface area contributed by atoms with Crippen molar-refractivity contribution in [2.45, 2.75) is 11.1 Å². The van der Waals surface area contributed by atoms with Crippen LogP contribution >= 0.6 is 0 Å². The molecule has 0 aliphatic heterocycles. The minimum absolute atomic E-state index is 0.00179. The van der Waals surface area contributed by atoms with Gasteiger partial charge in [0, 0.05) is 25.9 Å². The van der Waals surface area contributed by atoms with Gasteiger partial charge in [-0.3, -0.25) is 0 Å². The number of halogens is 3. The highest BCUT2D eigenvalue weighted by atomic mass is 32.2. The Hall–Kier alpha value is -2.36. The summed E-state index contributed by atoms with van der Waals surface area (Å²) in [6, 6.07) is 5.23. The first-order valence-corrected chi connectivity index (χ1v) is 7.73. The van der Waals surface area contributed by atoms with Gasteiger partial charge in [0.05, 0.1) is 4.90 Å². The number of hydrogen-bond acceptors (Lipinski definition) is 3. The van der Waals surface area contributed by atoms with Gasteiger partial charge in [0.15, 0.2) is 5.69 Å². The molecule has 1 aromatic carbocycles. The summed E-state index contributed by atoms with van der Waals surface area (Å²) in [5.74, 6) is -0.00179. The standard InChI is InChI=1S/C13H13F3N4O2S/c1-20(2)8-18-23(21,22)10-5-3-9(4-6-10)12-17-7-11(19-12)13(14,15)16/h3-8H,1-2H3,(H,17,19). The molecule has 1 N–H and O–H groups in total. The number of aromatic amines is 1. The van der Waals surface area contributed by atoms with Gasteiger partial charge in [-0.15, -0.1) is 4.40 Å². The summed E-state index contributed by atoms with van der Waals surface area (Å²) < 4.78 is 64.8. The maximum Gasteiger partial charge on any atom is 0.434 e. The lowest BCUT2D eigenvalue weighted by atomic mass is 10.2. The summed E-state index contributed by atoms with van der Waals surface area (Å²) in [5, 5.41) is 0. The Morgan fingerprint density at radius 2 is 1.83 bits per heavy atom. The van der Waals surface area contributed by atoms with E-state index in [4.69, 9.17) is 0 Å². The Morgan fingerprint density at radius 3 is 2.30 bits per heavy atom. The number of hydrogen-bond donors (Lipinski definition) is 1. The Labute approximate surface area is 130 Å². The van der Waals surface area contributed by atoms with Gasteiger partial charge in [-0.25, -0.2) is 4.98 Å². The van der Waals surface area contributed by atoms with Crippen molar-refractivity contribution in [2.75, 3.05) is 14.1 Å². The molecule has 0 saturated carbocycles. The molecular weight excluding hydrogens is 333 g/mol. The van der Waals surface area contributed by atoms with Gasteiger partial charge in [0.1, 0.15) is 12.2 Å². The Bertz CT molecular complexity index is 808. The first-order valence-electron chi connectivity index (χ1n) is 6.29. The first kappa shape index (κ1) is 17.0. The molecule has 0 aliphatic carbocycles. The van der Waals surface area contributed by atoms with Gasteiger partial charge < -0.3 is 9.88 Å². The van der Waals surface area contributed by atoms with Crippen LogP contribution in [0, 0.1) is 0 Å². The largest absolute Gasteiger partial charge is 0.434 e. The second-order valence-corrected chi connectivity index (χ2v) is 6.45. The molecule has 23 heavy (non-hydrogen) atoms. The van der Waals surface area contributed by atoms with Gasteiger partial charge in [0.2, 0.25) is 0 Å². The summed E-state index contributed by atoms with van der Waals surface area (Å²) in [4.78, 5) is 7.24. The lowest BCUT2D eigenvalue weighted by Crippen LogP contribution is -2.10.